The van der Waals surface area contributed by atoms with Gasteiger partial charge in [0.05, 0.1) is 11.8 Å². The van der Waals surface area contributed by atoms with Crippen LogP contribution in [0.4, 0.5) is 0 Å². The van der Waals surface area contributed by atoms with Crippen LogP contribution in [0.3, 0.4) is 0 Å². The standard InChI is InChI=1S/C30H46N6O4.C2H6/c1-6-36-26(9-10-32-36)23-7-8-24(28(17-23)40-16-15-34-13-11-33(5)12-14-34)19-31-29(38)27-18-25(37)20-35(27)30(39)22(4)21(2)3;1-2/h7-10,17,21-22,25,27,37H,6,11-16,18-20H2,1-5H3,(H,31,38);1-2H3. The normalized spacial score (nSPS) is 20.3. The number of aromatic nitrogens is 2. The first kappa shape index (κ1) is 33.6. The zero-order valence-electron chi connectivity index (χ0n) is 26.7. The molecule has 0 spiro atoms. The van der Waals surface area contributed by atoms with E-state index in [9.17, 15) is 14.7 Å². The van der Waals surface area contributed by atoms with Gasteiger partial charge in [0, 0.05) is 82.0 Å². The van der Waals surface area contributed by atoms with Crippen LogP contribution in [-0.2, 0) is 22.7 Å². The molecule has 0 saturated carbocycles. The summed E-state index contributed by atoms with van der Waals surface area (Å²) < 4.78 is 8.27. The average molecular weight is 585 g/mol. The zero-order valence-corrected chi connectivity index (χ0v) is 26.7. The zero-order chi connectivity index (χ0) is 30.8. The van der Waals surface area contributed by atoms with E-state index in [1.807, 2.05) is 63.6 Å². The number of aliphatic hydroxyl groups excluding tert-OH is 1. The van der Waals surface area contributed by atoms with Gasteiger partial charge in [-0.1, -0.05) is 46.8 Å². The van der Waals surface area contributed by atoms with Crippen molar-refractivity contribution in [2.24, 2.45) is 11.8 Å². The Morgan fingerprint density at radius 1 is 1.12 bits per heavy atom. The number of carbonyl (C=O) groups excluding carboxylic acids is 2. The number of aryl methyl sites for hydroxylation is 1. The van der Waals surface area contributed by atoms with Crippen LogP contribution in [0.1, 0.15) is 53.5 Å². The number of hydrogen-bond acceptors (Lipinski definition) is 7. The third kappa shape index (κ3) is 8.55. The number of piperazine rings is 1. The summed E-state index contributed by atoms with van der Waals surface area (Å²) in [5.74, 6) is 0.324. The summed E-state index contributed by atoms with van der Waals surface area (Å²) in [6.45, 7) is 18.7. The lowest BCUT2D eigenvalue weighted by molar-refractivity contribution is -0.142. The molecule has 2 aliphatic heterocycles. The molecule has 2 aromatic rings. The Morgan fingerprint density at radius 2 is 1.83 bits per heavy atom. The molecule has 234 valence electrons. The molecular formula is C32H52N6O4. The molecule has 10 nitrogen and oxygen atoms in total. The van der Waals surface area contributed by atoms with E-state index in [2.05, 4.69) is 34.2 Å². The molecule has 42 heavy (non-hydrogen) atoms. The van der Waals surface area contributed by atoms with Crippen LogP contribution < -0.4 is 10.1 Å². The van der Waals surface area contributed by atoms with Gasteiger partial charge in [0.2, 0.25) is 11.8 Å². The summed E-state index contributed by atoms with van der Waals surface area (Å²) in [5.41, 5.74) is 2.88. The number of nitrogens with one attached hydrogen (secondary N) is 1. The molecule has 2 amide bonds. The molecule has 10 heteroatoms. The minimum atomic E-state index is -0.699. The van der Waals surface area contributed by atoms with Crippen LogP contribution in [0.5, 0.6) is 5.75 Å². The van der Waals surface area contributed by atoms with E-state index >= 15 is 0 Å². The fourth-order valence-electron chi connectivity index (χ4n) is 5.33. The van der Waals surface area contributed by atoms with Gasteiger partial charge in [-0.05, 0) is 32.0 Å². The lowest BCUT2D eigenvalue weighted by atomic mass is 9.96. The van der Waals surface area contributed by atoms with Gasteiger partial charge in [-0.2, -0.15) is 5.10 Å². The van der Waals surface area contributed by atoms with Crippen molar-refractivity contribution in [3.05, 3.63) is 36.0 Å². The first-order chi connectivity index (χ1) is 20.2. The summed E-state index contributed by atoms with van der Waals surface area (Å²) in [5, 5.41) is 17.7. The number of aliphatic hydroxyl groups is 1. The van der Waals surface area contributed by atoms with Crippen LogP contribution in [0.25, 0.3) is 11.3 Å². The van der Waals surface area contributed by atoms with Crippen molar-refractivity contribution in [2.75, 3.05) is 52.9 Å². The number of likely N-dealkylation sites (tertiary alicyclic amines) is 1. The molecule has 0 radical (unpaired) electrons. The van der Waals surface area contributed by atoms with Gasteiger partial charge in [-0.15, -0.1) is 0 Å². The Balaban J connectivity index is 0.00000237. The molecule has 1 aromatic heterocycles. The van der Waals surface area contributed by atoms with Crippen LogP contribution in [0, 0.1) is 11.8 Å². The van der Waals surface area contributed by atoms with Crippen molar-refractivity contribution in [3.8, 4) is 17.0 Å². The lowest BCUT2D eigenvalue weighted by Gasteiger charge is -2.32. The average Bonchev–Trinajstić information content (AvgIpc) is 3.64. The maximum absolute atomic E-state index is 13.3. The predicted octanol–water partition coefficient (Wildman–Crippen LogP) is 3.09. The minimum absolute atomic E-state index is 0.0866. The molecule has 3 atom stereocenters. The predicted molar refractivity (Wildman–Crippen MR) is 166 cm³/mol. The number of likely N-dealkylation sites (N-methyl/N-ethyl adjacent to an activating group) is 1. The van der Waals surface area contributed by atoms with E-state index < -0.39 is 12.1 Å². The number of amides is 2. The Bertz CT molecular complexity index is 1140. The lowest BCUT2D eigenvalue weighted by Crippen LogP contribution is -2.48. The van der Waals surface area contributed by atoms with Crippen molar-refractivity contribution in [1.29, 1.82) is 0 Å². The molecule has 1 aromatic carbocycles. The third-order valence-corrected chi connectivity index (χ3v) is 8.35. The summed E-state index contributed by atoms with van der Waals surface area (Å²) in [4.78, 5) is 32.6. The number of benzene rings is 1. The topological polar surface area (TPSA) is 103 Å². The number of carbonyl (C=O) groups is 2. The van der Waals surface area contributed by atoms with Gasteiger partial charge in [0.25, 0.3) is 0 Å². The van der Waals surface area contributed by atoms with Crippen molar-refractivity contribution in [2.45, 2.75) is 73.2 Å². The smallest absolute Gasteiger partial charge is 0.243 e. The number of β-amino-alcohol motifs (C(OH)–C–C–N with tert-alkyl or cyclic N) is 1. The van der Waals surface area contributed by atoms with E-state index in [-0.39, 0.29) is 43.2 Å². The first-order valence-electron chi connectivity index (χ1n) is 15.6. The van der Waals surface area contributed by atoms with Crippen molar-refractivity contribution in [1.82, 2.24) is 29.8 Å². The fourth-order valence-corrected chi connectivity index (χ4v) is 5.33. The van der Waals surface area contributed by atoms with Crippen LogP contribution >= 0.6 is 0 Å². The van der Waals surface area contributed by atoms with Crippen LogP contribution in [0.2, 0.25) is 0 Å². The molecular weight excluding hydrogens is 532 g/mol. The SMILES string of the molecule is CC.CCn1nccc1-c1ccc(CNC(=O)C2CC(O)CN2C(=O)C(C)C(C)C)c(OCCN2CCN(C)CC2)c1. The maximum atomic E-state index is 13.3. The quantitative estimate of drug-likeness (QED) is 0.419. The second kappa shape index (κ2) is 16.0. The largest absolute Gasteiger partial charge is 0.492 e. The van der Waals surface area contributed by atoms with Crippen molar-refractivity contribution < 1.29 is 19.4 Å². The van der Waals surface area contributed by atoms with Gasteiger partial charge in [0.1, 0.15) is 18.4 Å². The molecule has 2 aliphatic rings. The Hall–Kier alpha value is -2.95. The van der Waals surface area contributed by atoms with Crippen molar-refractivity contribution in [3.63, 3.8) is 0 Å². The third-order valence-electron chi connectivity index (χ3n) is 8.35. The number of ether oxygens (including phenoxy) is 1. The molecule has 0 aliphatic carbocycles. The van der Waals surface area contributed by atoms with Crippen LogP contribution in [-0.4, -0.2) is 106 Å². The Morgan fingerprint density at radius 3 is 2.50 bits per heavy atom. The number of nitrogens with zero attached hydrogens (tertiary/aromatic N) is 5. The van der Waals surface area contributed by atoms with E-state index in [1.54, 1.807) is 11.1 Å². The summed E-state index contributed by atoms with van der Waals surface area (Å²) in [6.07, 6.45) is 1.34. The van der Waals surface area contributed by atoms with Crippen molar-refractivity contribution >= 4 is 11.8 Å². The summed E-state index contributed by atoms with van der Waals surface area (Å²) in [6, 6.07) is 7.35. The first-order valence-corrected chi connectivity index (χ1v) is 15.6. The molecule has 3 unspecified atom stereocenters. The fraction of sp³-hybridized carbons (Fsp3) is 0.656. The molecule has 2 fully saturated rings. The minimum Gasteiger partial charge on any atom is -0.492 e. The van der Waals surface area contributed by atoms with E-state index in [1.165, 1.54) is 0 Å². The highest BCUT2D eigenvalue weighted by Crippen LogP contribution is 2.28. The molecule has 3 heterocycles. The van der Waals surface area contributed by atoms with E-state index in [4.69, 9.17) is 4.74 Å². The van der Waals surface area contributed by atoms with E-state index in [0.29, 0.717) is 6.61 Å². The second-order valence-corrected chi connectivity index (χ2v) is 11.5. The summed E-state index contributed by atoms with van der Waals surface area (Å²) >= 11 is 0. The van der Waals surface area contributed by atoms with Gasteiger partial charge in [-0.3, -0.25) is 19.2 Å². The molecule has 4 rings (SSSR count). The highest BCUT2D eigenvalue weighted by Gasteiger charge is 2.40. The number of rotatable bonds is 11. The molecule has 2 saturated heterocycles. The van der Waals surface area contributed by atoms with Gasteiger partial charge in [0.15, 0.2) is 0 Å². The van der Waals surface area contributed by atoms with E-state index in [0.717, 1.165) is 61.8 Å². The van der Waals surface area contributed by atoms with Gasteiger partial charge < -0.3 is 25.0 Å². The van der Waals surface area contributed by atoms with Crippen LogP contribution in [0.15, 0.2) is 30.5 Å². The monoisotopic (exact) mass is 584 g/mol. The second-order valence-electron chi connectivity index (χ2n) is 11.5. The van der Waals surface area contributed by atoms with Gasteiger partial charge >= 0.3 is 0 Å². The molecule has 2 N–H and O–H groups in total. The highest BCUT2D eigenvalue weighted by atomic mass is 16.5. The highest BCUT2D eigenvalue weighted by molar-refractivity contribution is 5.89. The summed E-state index contributed by atoms with van der Waals surface area (Å²) in [7, 11) is 2.15. The Labute approximate surface area is 252 Å². The number of hydrogen-bond donors (Lipinski definition) is 2. The van der Waals surface area contributed by atoms with Gasteiger partial charge in [-0.25, -0.2) is 0 Å². The Kier molecular flexibility index (Phi) is 12.8. The molecule has 0 bridgehead atoms. The maximum Gasteiger partial charge on any atom is 0.243 e.